The molecule has 0 spiro atoms. The fraction of sp³-hybridized carbons (Fsp3) is 0.800. The molecule has 0 aliphatic carbocycles. The molecule has 0 saturated carbocycles. The molecule has 1 aliphatic rings. The summed E-state index contributed by atoms with van der Waals surface area (Å²) >= 11 is 1.52. The van der Waals surface area contributed by atoms with Crippen molar-refractivity contribution in [2.75, 3.05) is 44.7 Å². The molecule has 0 aromatic rings. The number of hydrogen-bond acceptors (Lipinski definition) is 4. The van der Waals surface area contributed by atoms with Crippen LogP contribution in [0.15, 0.2) is 0 Å². The van der Waals surface area contributed by atoms with Gasteiger partial charge < -0.3 is 10.0 Å². The second-order valence-corrected chi connectivity index (χ2v) is 4.70. The van der Waals surface area contributed by atoms with Gasteiger partial charge in [-0.25, -0.2) is 0 Å². The molecule has 1 aliphatic heterocycles. The van der Waals surface area contributed by atoms with E-state index in [2.05, 4.69) is 0 Å². The maximum absolute atomic E-state index is 11.7. The summed E-state index contributed by atoms with van der Waals surface area (Å²) in [5, 5.41) is 8.69. The normalized spacial score (nSPS) is 18.2. The number of carbonyl (C=O) groups is 2. The summed E-state index contributed by atoms with van der Waals surface area (Å²) in [4.78, 5) is 25.9. The third-order valence-electron chi connectivity index (χ3n) is 2.57. The number of carbonyl (C=O) groups excluding carboxylic acids is 1. The van der Waals surface area contributed by atoms with Gasteiger partial charge >= 0.3 is 5.97 Å². The van der Waals surface area contributed by atoms with E-state index in [9.17, 15) is 9.59 Å². The lowest BCUT2D eigenvalue weighted by atomic mass is 10.4. The molecular weight excluding hydrogens is 228 g/mol. The number of carboxylic acids is 1. The molecule has 0 radical (unpaired) electrons. The first-order valence-corrected chi connectivity index (χ1v) is 6.73. The number of thioether (sulfide) groups is 1. The van der Waals surface area contributed by atoms with Gasteiger partial charge in [0.2, 0.25) is 5.91 Å². The average molecular weight is 246 g/mol. The molecule has 5 nitrogen and oxygen atoms in total. The van der Waals surface area contributed by atoms with Crippen LogP contribution in [0.25, 0.3) is 0 Å². The molecular formula is C10H18N2O3S. The van der Waals surface area contributed by atoms with Gasteiger partial charge in [0.05, 0.1) is 12.3 Å². The minimum absolute atomic E-state index is 0.0740. The Bertz CT molecular complexity index is 260. The summed E-state index contributed by atoms with van der Waals surface area (Å²) in [5.41, 5.74) is 0. The zero-order chi connectivity index (χ0) is 12.0. The number of amides is 1. The van der Waals surface area contributed by atoms with E-state index in [1.165, 1.54) is 11.8 Å². The van der Waals surface area contributed by atoms with Crippen LogP contribution in [0.5, 0.6) is 0 Å². The molecule has 1 heterocycles. The third-order valence-corrected chi connectivity index (χ3v) is 3.10. The van der Waals surface area contributed by atoms with Crippen molar-refractivity contribution < 1.29 is 14.7 Å². The number of hydrogen-bond donors (Lipinski definition) is 1. The van der Waals surface area contributed by atoms with E-state index in [1.54, 1.807) is 0 Å². The highest BCUT2D eigenvalue weighted by Gasteiger charge is 2.19. The Morgan fingerprint density at radius 1 is 1.25 bits per heavy atom. The van der Waals surface area contributed by atoms with Crippen LogP contribution in [-0.4, -0.2) is 71.5 Å². The Kier molecular flexibility index (Phi) is 5.62. The minimum Gasteiger partial charge on any atom is -0.480 e. The zero-order valence-corrected chi connectivity index (χ0v) is 10.3. The SMILES string of the molecule is CSCC(=O)N1CCCN(CC(=O)O)CC1. The first-order chi connectivity index (χ1) is 7.63. The molecule has 1 N–H and O–H groups in total. The highest BCUT2D eigenvalue weighted by Crippen LogP contribution is 2.05. The lowest BCUT2D eigenvalue weighted by Gasteiger charge is -2.20. The van der Waals surface area contributed by atoms with Crippen LogP contribution in [0.4, 0.5) is 0 Å². The molecule has 1 amide bonds. The first kappa shape index (κ1) is 13.3. The number of rotatable bonds is 4. The maximum Gasteiger partial charge on any atom is 0.317 e. The quantitative estimate of drug-likeness (QED) is 0.754. The molecule has 0 bridgehead atoms. The van der Waals surface area contributed by atoms with Crippen LogP contribution in [-0.2, 0) is 9.59 Å². The summed E-state index contributed by atoms with van der Waals surface area (Å²) in [6.45, 7) is 2.88. The summed E-state index contributed by atoms with van der Waals surface area (Å²) < 4.78 is 0. The molecule has 6 heteroatoms. The molecule has 0 aromatic carbocycles. The van der Waals surface area contributed by atoms with E-state index in [-0.39, 0.29) is 12.5 Å². The number of carboxylic acid groups (broad SMARTS) is 1. The Hall–Kier alpha value is -0.750. The minimum atomic E-state index is -0.802. The van der Waals surface area contributed by atoms with Crippen LogP contribution >= 0.6 is 11.8 Å². The van der Waals surface area contributed by atoms with E-state index < -0.39 is 5.97 Å². The Labute approximate surface area is 99.8 Å². The Morgan fingerprint density at radius 3 is 2.62 bits per heavy atom. The van der Waals surface area contributed by atoms with Gasteiger partial charge in [-0.3, -0.25) is 14.5 Å². The van der Waals surface area contributed by atoms with Crippen molar-refractivity contribution in [3.05, 3.63) is 0 Å². The van der Waals surface area contributed by atoms with Gasteiger partial charge in [-0.15, -0.1) is 0 Å². The van der Waals surface area contributed by atoms with E-state index in [0.717, 1.165) is 19.5 Å². The monoisotopic (exact) mass is 246 g/mol. The van der Waals surface area contributed by atoms with Gasteiger partial charge in [0.25, 0.3) is 0 Å². The second-order valence-electron chi connectivity index (χ2n) is 3.84. The topological polar surface area (TPSA) is 60.9 Å². The smallest absolute Gasteiger partial charge is 0.317 e. The fourth-order valence-corrected chi connectivity index (χ4v) is 2.21. The van der Waals surface area contributed by atoms with Crippen molar-refractivity contribution >= 4 is 23.6 Å². The van der Waals surface area contributed by atoms with Gasteiger partial charge in [-0.2, -0.15) is 11.8 Å². The molecule has 0 atom stereocenters. The molecule has 1 rings (SSSR count). The fourth-order valence-electron chi connectivity index (χ4n) is 1.78. The van der Waals surface area contributed by atoms with Crippen LogP contribution in [0.1, 0.15) is 6.42 Å². The van der Waals surface area contributed by atoms with Crippen molar-refractivity contribution in [3.63, 3.8) is 0 Å². The van der Waals surface area contributed by atoms with Crippen molar-refractivity contribution in [2.24, 2.45) is 0 Å². The van der Waals surface area contributed by atoms with E-state index in [0.29, 0.717) is 18.8 Å². The van der Waals surface area contributed by atoms with Gasteiger partial charge in [0.15, 0.2) is 0 Å². The van der Waals surface area contributed by atoms with Crippen molar-refractivity contribution in [3.8, 4) is 0 Å². The lowest BCUT2D eigenvalue weighted by molar-refractivity contribution is -0.138. The molecule has 92 valence electrons. The molecule has 1 saturated heterocycles. The van der Waals surface area contributed by atoms with Gasteiger partial charge in [-0.05, 0) is 12.7 Å². The highest BCUT2D eigenvalue weighted by atomic mass is 32.2. The lowest BCUT2D eigenvalue weighted by Crippen LogP contribution is -2.37. The third kappa shape index (κ3) is 4.40. The van der Waals surface area contributed by atoms with Crippen LogP contribution in [0, 0.1) is 0 Å². The number of aliphatic carboxylic acids is 1. The maximum atomic E-state index is 11.7. The molecule has 0 aromatic heterocycles. The Morgan fingerprint density at radius 2 is 2.00 bits per heavy atom. The van der Waals surface area contributed by atoms with E-state index in [1.807, 2.05) is 16.1 Å². The standard InChI is InChI=1S/C10H18N2O3S/c1-16-8-9(13)12-4-2-3-11(5-6-12)7-10(14)15/h2-8H2,1H3,(H,14,15). The van der Waals surface area contributed by atoms with Crippen molar-refractivity contribution in [1.29, 1.82) is 0 Å². The second kappa shape index (κ2) is 6.75. The summed E-state index contributed by atoms with van der Waals surface area (Å²) in [6, 6.07) is 0. The average Bonchev–Trinajstić information content (AvgIpc) is 2.43. The largest absolute Gasteiger partial charge is 0.480 e. The van der Waals surface area contributed by atoms with Crippen LogP contribution in [0.2, 0.25) is 0 Å². The highest BCUT2D eigenvalue weighted by molar-refractivity contribution is 7.99. The Balaban J connectivity index is 2.39. The van der Waals surface area contributed by atoms with E-state index in [4.69, 9.17) is 5.11 Å². The van der Waals surface area contributed by atoms with Crippen LogP contribution in [0.3, 0.4) is 0 Å². The van der Waals surface area contributed by atoms with Crippen molar-refractivity contribution in [1.82, 2.24) is 9.80 Å². The predicted molar refractivity (Wildman–Crippen MR) is 63.7 cm³/mol. The molecule has 1 fully saturated rings. The van der Waals surface area contributed by atoms with Gasteiger partial charge in [0, 0.05) is 26.2 Å². The first-order valence-electron chi connectivity index (χ1n) is 5.34. The van der Waals surface area contributed by atoms with Gasteiger partial charge in [0.1, 0.15) is 0 Å². The van der Waals surface area contributed by atoms with Crippen LogP contribution < -0.4 is 0 Å². The zero-order valence-electron chi connectivity index (χ0n) is 9.52. The van der Waals surface area contributed by atoms with Crippen molar-refractivity contribution in [2.45, 2.75) is 6.42 Å². The summed E-state index contributed by atoms with van der Waals surface area (Å²) in [5.74, 6) is -0.132. The van der Waals surface area contributed by atoms with E-state index >= 15 is 0 Å². The molecule has 16 heavy (non-hydrogen) atoms. The molecule has 0 unspecified atom stereocenters. The van der Waals surface area contributed by atoms with Gasteiger partial charge in [-0.1, -0.05) is 0 Å². The summed E-state index contributed by atoms with van der Waals surface area (Å²) in [7, 11) is 0. The number of nitrogens with zero attached hydrogens (tertiary/aromatic N) is 2. The summed E-state index contributed by atoms with van der Waals surface area (Å²) in [6.07, 6.45) is 2.76. The predicted octanol–water partition coefficient (Wildman–Crippen LogP) is -0.0317.